The normalized spacial score (nSPS) is 20.5. The zero-order valence-corrected chi connectivity index (χ0v) is 19.8. The Bertz CT molecular complexity index is 1080. The highest BCUT2D eigenvalue weighted by molar-refractivity contribution is 6.01. The molecule has 2 aliphatic carbocycles. The molecule has 7 heteroatoms. The average Bonchev–Trinajstić information content (AvgIpc) is 3.30. The van der Waals surface area contributed by atoms with Crippen LogP contribution in [-0.4, -0.2) is 36.2 Å². The minimum atomic E-state index is -0.606. The van der Waals surface area contributed by atoms with E-state index in [1.165, 1.54) is 24.7 Å². The Kier molecular flexibility index (Phi) is 6.55. The Morgan fingerprint density at radius 3 is 2.59 bits per heavy atom. The second-order valence-corrected chi connectivity index (χ2v) is 9.91. The minimum absolute atomic E-state index is 0.0590. The highest BCUT2D eigenvalue weighted by Gasteiger charge is 2.37. The van der Waals surface area contributed by atoms with Crippen LogP contribution in [0.15, 0.2) is 35.1 Å². The number of allylic oxidation sites excluding steroid dienone is 1. The van der Waals surface area contributed by atoms with Crippen LogP contribution >= 0.6 is 0 Å². The molecule has 5 rings (SSSR count). The maximum atomic E-state index is 13.5. The Labute approximate surface area is 200 Å². The number of carbonyl (C=O) groups excluding carboxylic acids is 2. The molecule has 1 spiro atoms. The van der Waals surface area contributed by atoms with Crippen molar-refractivity contribution in [1.82, 2.24) is 10.5 Å². The summed E-state index contributed by atoms with van der Waals surface area (Å²) < 4.78 is 10.5. The van der Waals surface area contributed by atoms with Gasteiger partial charge >= 0.3 is 0 Å². The van der Waals surface area contributed by atoms with Gasteiger partial charge in [0.2, 0.25) is 5.91 Å². The second kappa shape index (κ2) is 9.74. The van der Waals surface area contributed by atoms with E-state index in [1.807, 2.05) is 12.1 Å². The van der Waals surface area contributed by atoms with E-state index in [4.69, 9.17) is 9.26 Å². The van der Waals surface area contributed by atoms with E-state index < -0.39 is 6.04 Å². The summed E-state index contributed by atoms with van der Waals surface area (Å²) in [4.78, 5) is 26.4. The zero-order valence-electron chi connectivity index (χ0n) is 19.8. The predicted molar refractivity (Wildman–Crippen MR) is 130 cm³/mol. The van der Waals surface area contributed by atoms with Gasteiger partial charge in [0.25, 0.3) is 5.91 Å². The third kappa shape index (κ3) is 4.53. The standard InChI is InChI=1S/C27H33N3O4/c1-18-22(17-34-30-18)25(31)29-24(19-6-4-2-3-5-7-19)26(32)28-21-8-9-23-20(16-21)10-11-27(23)12-14-33-15-13-27/h8-11,16-17,19,24H,2-7,12-15H2,1H3,(H,28,32)(H,29,31). The van der Waals surface area contributed by atoms with Crippen molar-refractivity contribution in [3.8, 4) is 0 Å². The molecular formula is C27H33N3O4. The molecule has 1 unspecified atom stereocenters. The van der Waals surface area contributed by atoms with Crippen LogP contribution in [-0.2, 0) is 14.9 Å². The highest BCUT2D eigenvalue weighted by Crippen LogP contribution is 2.44. The van der Waals surface area contributed by atoms with Crippen LogP contribution in [0, 0.1) is 12.8 Å². The number of ether oxygens (including phenoxy) is 1. The lowest BCUT2D eigenvalue weighted by atomic mass is 9.76. The molecule has 0 bridgehead atoms. The van der Waals surface area contributed by atoms with Gasteiger partial charge in [0.05, 0.1) is 5.69 Å². The molecule has 2 fully saturated rings. The van der Waals surface area contributed by atoms with Crippen molar-refractivity contribution in [3.63, 3.8) is 0 Å². The Morgan fingerprint density at radius 1 is 1.12 bits per heavy atom. The summed E-state index contributed by atoms with van der Waals surface area (Å²) >= 11 is 0. The maximum Gasteiger partial charge on any atom is 0.257 e. The van der Waals surface area contributed by atoms with E-state index >= 15 is 0 Å². The number of rotatable bonds is 5. The van der Waals surface area contributed by atoms with Crippen molar-refractivity contribution in [2.24, 2.45) is 5.92 Å². The van der Waals surface area contributed by atoms with Crippen LogP contribution in [0.5, 0.6) is 0 Å². The molecule has 1 saturated carbocycles. The molecule has 0 radical (unpaired) electrons. The summed E-state index contributed by atoms with van der Waals surface area (Å²) in [7, 11) is 0. The van der Waals surface area contributed by atoms with Gasteiger partial charge in [-0.1, -0.05) is 49.1 Å². The molecule has 180 valence electrons. The van der Waals surface area contributed by atoms with Gasteiger partial charge in [0.1, 0.15) is 17.9 Å². The average molecular weight is 464 g/mol. The topological polar surface area (TPSA) is 93.5 Å². The number of fused-ring (bicyclic) bond motifs is 2. The van der Waals surface area contributed by atoms with Gasteiger partial charge < -0.3 is 19.9 Å². The summed E-state index contributed by atoms with van der Waals surface area (Å²) in [6, 6.07) is 5.56. The lowest BCUT2D eigenvalue weighted by molar-refractivity contribution is -0.119. The lowest BCUT2D eigenvalue weighted by Crippen LogP contribution is -2.48. The smallest absolute Gasteiger partial charge is 0.257 e. The Hall–Kier alpha value is -2.93. The summed E-state index contributed by atoms with van der Waals surface area (Å²) in [5.41, 5.74) is 4.16. The molecular weight excluding hydrogens is 430 g/mol. The fourth-order valence-corrected chi connectivity index (χ4v) is 5.73. The van der Waals surface area contributed by atoms with Crippen LogP contribution in [0.4, 0.5) is 5.69 Å². The van der Waals surface area contributed by atoms with Gasteiger partial charge in [-0.25, -0.2) is 0 Å². The van der Waals surface area contributed by atoms with Crippen molar-refractivity contribution in [2.45, 2.75) is 69.7 Å². The quantitative estimate of drug-likeness (QED) is 0.623. The Balaban J connectivity index is 1.34. The molecule has 34 heavy (non-hydrogen) atoms. The molecule has 1 aromatic heterocycles. The molecule has 7 nitrogen and oxygen atoms in total. The van der Waals surface area contributed by atoms with Crippen LogP contribution in [0.3, 0.4) is 0 Å². The van der Waals surface area contributed by atoms with Gasteiger partial charge in [-0.2, -0.15) is 0 Å². The number of anilines is 1. The van der Waals surface area contributed by atoms with Crippen molar-refractivity contribution >= 4 is 23.6 Å². The summed E-state index contributed by atoms with van der Waals surface area (Å²) in [6.45, 7) is 3.27. The summed E-state index contributed by atoms with van der Waals surface area (Å²) in [5, 5.41) is 9.90. The first kappa shape index (κ1) is 22.8. The monoisotopic (exact) mass is 463 g/mol. The van der Waals surface area contributed by atoms with Gasteiger partial charge in [0.15, 0.2) is 0 Å². The molecule has 3 aliphatic rings. The van der Waals surface area contributed by atoms with E-state index in [9.17, 15) is 9.59 Å². The maximum absolute atomic E-state index is 13.5. The molecule has 1 saturated heterocycles. The van der Waals surface area contributed by atoms with Crippen LogP contribution in [0.2, 0.25) is 0 Å². The van der Waals surface area contributed by atoms with Crippen molar-refractivity contribution in [3.05, 3.63) is 52.9 Å². The number of benzene rings is 1. The predicted octanol–water partition coefficient (Wildman–Crippen LogP) is 4.77. The number of aromatic nitrogens is 1. The number of hydrogen-bond acceptors (Lipinski definition) is 5. The Morgan fingerprint density at radius 2 is 1.88 bits per heavy atom. The first-order valence-corrected chi connectivity index (χ1v) is 12.5. The molecule has 1 aliphatic heterocycles. The van der Waals surface area contributed by atoms with Crippen molar-refractivity contribution in [2.75, 3.05) is 18.5 Å². The first-order valence-electron chi connectivity index (χ1n) is 12.5. The summed E-state index contributed by atoms with van der Waals surface area (Å²) in [6.07, 6.45) is 14.1. The van der Waals surface area contributed by atoms with Gasteiger partial charge in [0, 0.05) is 24.3 Å². The zero-order chi connectivity index (χ0) is 23.5. The molecule has 1 aromatic carbocycles. The summed E-state index contributed by atoms with van der Waals surface area (Å²) in [5.74, 6) is -0.384. The third-order valence-corrected chi connectivity index (χ3v) is 7.76. The van der Waals surface area contributed by atoms with Gasteiger partial charge in [-0.3, -0.25) is 9.59 Å². The van der Waals surface area contributed by atoms with E-state index in [0.29, 0.717) is 11.3 Å². The SMILES string of the molecule is Cc1nocc1C(=O)NC(C(=O)Nc1ccc2c(c1)C=CC21CCOCC1)C1CCCCCC1. The largest absolute Gasteiger partial charge is 0.381 e. The van der Waals surface area contributed by atoms with E-state index in [2.05, 4.69) is 34.0 Å². The third-order valence-electron chi connectivity index (χ3n) is 7.76. The molecule has 2 N–H and O–H groups in total. The van der Waals surface area contributed by atoms with E-state index in [-0.39, 0.29) is 23.1 Å². The van der Waals surface area contributed by atoms with E-state index in [1.54, 1.807) is 6.92 Å². The van der Waals surface area contributed by atoms with Crippen LogP contribution in [0.25, 0.3) is 6.08 Å². The van der Waals surface area contributed by atoms with Crippen LogP contribution < -0.4 is 10.6 Å². The molecule has 2 aromatic rings. The van der Waals surface area contributed by atoms with Gasteiger partial charge in [-0.15, -0.1) is 0 Å². The van der Waals surface area contributed by atoms with Crippen molar-refractivity contribution in [1.29, 1.82) is 0 Å². The number of nitrogens with zero attached hydrogens (tertiary/aromatic N) is 1. The van der Waals surface area contributed by atoms with Gasteiger partial charge in [-0.05, 0) is 61.8 Å². The molecule has 2 heterocycles. The fraction of sp³-hybridized carbons (Fsp3) is 0.519. The minimum Gasteiger partial charge on any atom is -0.381 e. The van der Waals surface area contributed by atoms with Crippen LogP contribution in [0.1, 0.15) is 78.5 Å². The first-order chi connectivity index (χ1) is 16.6. The lowest BCUT2D eigenvalue weighted by Gasteiger charge is -2.33. The number of aryl methyl sites for hydroxylation is 1. The molecule has 2 amide bonds. The highest BCUT2D eigenvalue weighted by atomic mass is 16.5. The number of nitrogens with one attached hydrogen (secondary N) is 2. The van der Waals surface area contributed by atoms with Crippen molar-refractivity contribution < 1.29 is 18.8 Å². The number of hydrogen-bond donors (Lipinski definition) is 2. The molecule has 1 atom stereocenters. The van der Waals surface area contributed by atoms with E-state index in [0.717, 1.165) is 63.0 Å². The fourth-order valence-electron chi connectivity index (χ4n) is 5.73. The second-order valence-electron chi connectivity index (χ2n) is 9.91. The number of carbonyl (C=O) groups is 2. The number of amides is 2.